The van der Waals surface area contributed by atoms with Gasteiger partial charge in [-0.2, -0.15) is 5.10 Å². The number of benzene rings is 1. The molecule has 2 aliphatic rings. The second kappa shape index (κ2) is 6.69. The van der Waals surface area contributed by atoms with Gasteiger partial charge in [-0.25, -0.2) is 0 Å². The molecule has 2 heterocycles. The van der Waals surface area contributed by atoms with Crippen molar-refractivity contribution in [3.05, 3.63) is 40.5 Å². The number of H-pyrrole nitrogens is 1. The number of aromatic nitrogens is 2. The van der Waals surface area contributed by atoms with Crippen molar-refractivity contribution in [3.63, 3.8) is 0 Å². The molecule has 0 bridgehead atoms. The second-order valence-corrected chi connectivity index (χ2v) is 7.51. The zero-order valence-corrected chi connectivity index (χ0v) is 15.0. The van der Waals surface area contributed by atoms with E-state index in [9.17, 15) is 4.79 Å². The van der Waals surface area contributed by atoms with E-state index >= 15 is 0 Å². The Morgan fingerprint density at radius 2 is 2.08 bits per heavy atom. The van der Waals surface area contributed by atoms with E-state index in [1.807, 2.05) is 35.2 Å². The van der Waals surface area contributed by atoms with E-state index in [-0.39, 0.29) is 5.91 Å². The van der Waals surface area contributed by atoms with Gasteiger partial charge in [-0.15, -0.1) is 0 Å². The minimum atomic E-state index is 0.0558. The zero-order valence-electron chi connectivity index (χ0n) is 13.4. The van der Waals surface area contributed by atoms with Crippen molar-refractivity contribution in [2.24, 2.45) is 5.92 Å². The average Bonchev–Trinajstić information content (AvgIpc) is 3.10. The monoisotopic (exact) mass is 389 g/mol. The first-order chi connectivity index (χ1) is 11.7. The average molecular weight is 390 g/mol. The van der Waals surface area contributed by atoms with E-state index in [1.54, 1.807) is 0 Å². The molecule has 2 fully saturated rings. The normalized spacial score (nSPS) is 20.3. The summed E-state index contributed by atoms with van der Waals surface area (Å²) in [7, 11) is 0. The lowest BCUT2D eigenvalue weighted by Crippen LogP contribution is -2.37. The number of aromatic amines is 1. The summed E-state index contributed by atoms with van der Waals surface area (Å²) in [5.74, 6) is 0.517. The minimum Gasteiger partial charge on any atom is -0.381 e. The molecule has 1 saturated heterocycles. The second-order valence-electron chi connectivity index (χ2n) is 6.59. The van der Waals surface area contributed by atoms with Gasteiger partial charge in [0.2, 0.25) is 0 Å². The predicted octanol–water partition coefficient (Wildman–Crippen LogP) is 3.48. The Morgan fingerprint density at radius 1 is 1.29 bits per heavy atom. The first kappa shape index (κ1) is 15.8. The Hall–Kier alpha value is -1.66. The van der Waals surface area contributed by atoms with Crippen LogP contribution in [-0.2, 0) is 4.74 Å². The van der Waals surface area contributed by atoms with Gasteiger partial charge < -0.3 is 9.64 Å². The Bertz CT molecular complexity index is 718. The summed E-state index contributed by atoms with van der Waals surface area (Å²) in [4.78, 5) is 14.9. The third-order valence-electron chi connectivity index (χ3n) is 4.68. The Balaban J connectivity index is 1.51. The van der Waals surface area contributed by atoms with Crippen LogP contribution in [0.15, 0.2) is 34.8 Å². The van der Waals surface area contributed by atoms with Gasteiger partial charge in [-0.3, -0.25) is 9.89 Å². The molecule has 2 aromatic rings. The van der Waals surface area contributed by atoms with Gasteiger partial charge in [0.1, 0.15) is 5.69 Å². The van der Waals surface area contributed by atoms with E-state index in [4.69, 9.17) is 4.74 Å². The maximum atomic E-state index is 12.9. The van der Waals surface area contributed by atoms with Crippen molar-refractivity contribution in [2.45, 2.75) is 25.3 Å². The van der Waals surface area contributed by atoms with Crippen molar-refractivity contribution >= 4 is 21.8 Å². The van der Waals surface area contributed by atoms with Gasteiger partial charge in [0, 0.05) is 35.1 Å². The summed E-state index contributed by atoms with van der Waals surface area (Å²) >= 11 is 3.43. The molecule has 1 aromatic carbocycles. The van der Waals surface area contributed by atoms with Crippen molar-refractivity contribution in [1.82, 2.24) is 15.1 Å². The van der Waals surface area contributed by atoms with E-state index < -0.39 is 0 Å². The van der Waals surface area contributed by atoms with Crippen LogP contribution in [0, 0.1) is 5.92 Å². The topological polar surface area (TPSA) is 58.2 Å². The number of amides is 1. The fraction of sp³-hybridized carbons (Fsp3) is 0.444. The minimum absolute atomic E-state index is 0.0558. The zero-order chi connectivity index (χ0) is 16.5. The molecule has 6 heteroatoms. The van der Waals surface area contributed by atoms with Crippen molar-refractivity contribution in [2.75, 3.05) is 19.8 Å². The number of carbonyl (C=O) groups excluding carboxylic acids is 1. The van der Waals surface area contributed by atoms with Crippen molar-refractivity contribution in [1.29, 1.82) is 0 Å². The van der Waals surface area contributed by atoms with E-state index in [0.717, 1.165) is 54.8 Å². The van der Waals surface area contributed by atoms with Gasteiger partial charge >= 0.3 is 0 Å². The number of hydrogen-bond donors (Lipinski definition) is 1. The van der Waals surface area contributed by atoms with Crippen LogP contribution in [0.5, 0.6) is 0 Å². The number of rotatable bonds is 5. The molecule has 1 aliphatic carbocycles. The highest BCUT2D eigenvalue weighted by Crippen LogP contribution is 2.30. The molecular formula is C18H20BrN3O2. The molecule has 1 aliphatic heterocycles. The van der Waals surface area contributed by atoms with Crippen LogP contribution in [-0.4, -0.2) is 46.8 Å². The fourth-order valence-corrected chi connectivity index (χ4v) is 3.41. The van der Waals surface area contributed by atoms with Gasteiger partial charge in [-0.05, 0) is 37.5 Å². The lowest BCUT2D eigenvalue weighted by Gasteiger charge is -2.24. The summed E-state index contributed by atoms with van der Waals surface area (Å²) in [6.07, 6.45) is 3.25. The van der Waals surface area contributed by atoms with E-state index in [2.05, 4.69) is 26.1 Å². The first-order valence-corrected chi connectivity index (χ1v) is 9.20. The summed E-state index contributed by atoms with van der Waals surface area (Å²) in [6.45, 7) is 2.37. The predicted molar refractivity (Wildman–Crippen MR) is 94.7 cm³/mol. The van der Waals surface area contributed by atoms with Gasteiger partial charge in [0.15, 0.2) is 0 Å². The number of nitrogens with zero attached hydrogens (tertiary/aromatic N) is 2. The molecule has 0 spiro atoms. The highest BCUT2D eigenvalue weighted by Gasteiger charge is 2.35. The molecule has 24 heavy (non-hydrogen) atoms. The van der Waals surface area contributed by atoms with Crippen molar-refractivity contribution < 1.29 is 9.53 Å². The van der Waals surface area contributed by atoms with Crippen LogP contribution in [0.2, 0.25) is 0 Å². The van der Waals surface area contributed by atoms with Gasteiger partial charge in [0.05, 0.1) is 12.3 Å². The van der Waals surface area contributed by atoms with E-state index in [0.29, 0.717) is 17.7 Å². The highest BCUT2D eigenvalue weighted by atomic mass is 79.9. The lowest BCUT2D eigenvalue weighted by atomic mass is 10.1. The van der Waals surface area contributed by atoms with Gasteiger partial charge in [0.25, 0.3) is 5.91 Å². The quantitative estimate of drug-likeness (QED) is 0.851. The first-order valence-electron chi connectivity index (χ1n) is 8.41. The molecule has 1 unspecified atom stereocenters. The summed E-state index contributed by atoms with van der Waals surface area (Å²) < 4.78 is 6.48. The third-order valence-corrected chi connectivity index (χ3v) is 5.20. The van der Waals surface area contributed by atoms with Crippen LogP contribution >= 0.6 is 15.9 Å². The van der Waals surface area contributed by atoms with Crippen LogP contribution < -0.4 is 0 Å². The summed E-state index contributed by atoms with van der Waals surface area (Å²) in [5, 5.41) is 7.24. The molecule has 4 rings (SSSR count). The summed E-state index contributed by atoms with van der Waals surface area (Å²) in [5.41, 5.74) is 2.36. The standard InChI is InChI=1S/C18H20BrN3O2/c19-14-3-1-13(2-4-14)16-9-17(21-20-16)18(23)22(15-5-6-15)10-12-7-8-24-11-12/h1-4,9,12,15H,5-8,10-11H2,(H,20,21). The number of ether oxygens (including phenoxy) is 1. The van der Waals surface area contributed by atoms with Crippen LogP contribution in [0.25, 0.3) is 11.3 Å². The lowest BCUT2D eigenvalue weighted by molar-refractivity contribution is 0.0700. The maximum absolute atomic E-state index is 12.9. The number of hydrogen-bond acceptors (Lipinski definition) is 3. The Kier molecular flexibility index (Phi) is 4.41. The molecule has 5 nitrogen and oxygen atoms in total. The number of carbonyl (C=O) groups is 1. The highest BCUT2D eigenvalue weighted by molar-refractivity contribution is 9.10. The molecule has 1 aromatic heterocycles. The molecular weight excluding hydrogens is 370 g/mol. The van der Waals surface area contributed by atoms with Crippen LogP contribution in [0.4, 0.5) is 0 Å². The molecule has 1 N–H and O–H groups in total. The third kappa shape index (κ3) is 3.39. The number of nitrogens with one attached hydrogen (secondary N) is 1. The fourth-order valence-electron chi connectivity index (χ4n) is 3.14. The largest absolute Gasteiger partial charge is 0.381 e. The van der Waals surface area contributed by atoms with Crippen molar-refractivity contribution in [3.8, 4) is 11.3 Å². The van der Waals surface area contributed by atoms with Crippen LogP contribution in [0.1, 0.15) is 29.8 Å². The molecule has 126 valence electrons. The SMILES string of the molecule is O=C(c1cc(-c2ccc(Br)cc2)n[nH]1)N(CC1CCOC1)C1CC1. The smallest absolute Gasteiger partial charge is 0.272 e. The molecule has 1 atom stereocenters. The number of halogens is 1. The molecule has 1 saturated carbocycles. The molecule has 1 amide bonds. The Morgan fingerprint density at radius 3 is 2.75 bits per heavy atom. The maximum Gasteiger partial charge on any atom is 0.272 e. The van der Waals surface area contributed by atoms with Crippen LogP contribution in [0.3, 0.4) is 0 Å². The Labute approximate surface area is 149 Å². The van der Waals surface area contributed by atoms with E-state index in [1.165, 1.54) is 0 Å². The van der Waals surface area contributed by atoms with Gasteiger partial charge in [-0.1, -0.05) is 28.1 Å². The summed E-state index contributed by atoms with van der Waals surface area (Å²) in [6, 6.07) is 10.2. The molecule has 0 radical (unpaired) electrons.